The Morgan fingerprint density at radius 3 is 2.30 bits per heavy atom. The number of hydrogen-bond acceptors (Lipinski definition) is 5. The number of nitrogens with zero attached hydrogens (tertiary/aromatic N) is 3. The van der Waals surface area contributed by atoms with Crippen LogP contribution in [0.1, 0.15) is 21.5 Å². The van der Waals surface area contributed by atoms with E-state index in [1.807, 2.05) is 32.0 Å². The van der Waals surface area contributed by atoms with E-state index in [0.29, 0.717) is 22.8 Å². The number of aromatic nitrogens is 3. The van der Waals surface area contributed by atoms with Crippen LogP contribution < -0.4 is 21.1 Å². The number of nitrogens with one attached hydrogen (secondary N) is 2. The molecule has 0 fully saturated rings. The first-order valence-electron chi connectivity index (χ1n) is 10.2. The molecule has 2 aromatic carbocycles. The number of methoxy groups -OCH3 is 1. The Morgan fingerprint density at radius 1 is 0.939 bits per heavy atom. The molecule has 33 heavy (non-hydrogen) atoms. The first-order valence-corrected chi connectivity index (χ1v) is 10.2. The van der Waals surface area contributed by atoms with Crippen molar-refractivity contribution in [2.24, 2.45) is 0 Å². The summed E-state index contributed by atoms with van der Waals surface area (Å²) in [6.45, 7) is 3.64. The molecule has 0 atom stereocenters. The summed E-state index contributed by atoms with van der Waals surface area (Å²) >= 11 is 0. The number of carbonyl (C=O) groups excluding carboxylic acids is 2. The van der Waals surface area contributed by atoms with E-state index in [4.69, 9.17) is 4.74 Å². The third-order valence-corrected chi connectivity index (χ3v) is 4.99. The summed E-state index contributed by atoms with van der Waals surface area (Å²) in [4.78, 5) is 37.8. The van der Waals surface area contributed by atoms with Gasteiger partial charge in [0, 0.05) is 17.6 Å². The van der Waals surface area contributed by atoms with E-state index >= 15 is 0 Å². The van der Waals surface area contributed by atoms with Crippen LogP contribution >= 0.6 is 0 Å². The van der Waals surface area contributed by atoms with Gasteiger partial charge in [-0.2, -0.15) is 0 Å². The van der Waals surface area contributed by atoms with Crippen molar-refractivity contribution in [1.82, 2.24) is 14.2 Å². The summed E-state index contributed by atoms with van der Waals surface area (Å²) in [6, 6.07) is 15.7. The largest absolute Gasteiger partial charge is 0.497 e. The molecular formula is C24H23N5O4. The molecule has 0 radical (unpaired) electrons. The number of benzene rings is 2. The molecule has 9 heteroatoms. The number of rotatable bonds is 6. The number of aryl methyl sites for hydroxylation is 2. The number of amides is 2. The van der Waals surface area contributed by atoms with Crippen LogP contribution in [-0.4, -0.2) is 33.1 Å². The van der Waals surface area contributed by atoms with Crippen LogP contribution in [0, 0.1) is 13.8 Å². The summed E-state index contributed by atoms with van der Waals surface area (Å²) in [6.07, 6.45) is 1.40. The van der Waals surface area contributed by atoms with Gasteiger partial charge >= 0.3 is 5.69 Å². The number of ether oxygens (including phenoxy) is 1. The molecule has 2 heterocycles. The zero-order valence-electron chi connectivity index (χ0n) is 18.5. The zero-order chi connectivity index (χ0) is 23.5. The summed E-state index contributed by atoms with van der Waals surface area (Å²) in [5, 5.41) is 9.75. The Morgan fingerprint density at radius 2 is 1.64 bits per heavy atom. The van der Waals surface area contributed by atoms with Crippen molar-refractivity contribution >= 4 is 28.8 Å². The van der Waals surface area contributed by atoms with E-state index in [1.165, 1.54) is 10.6 Å². The molecule has 4 rings (SSSR count). The highest BCUT2D eigenvalue weighted by atomic mass is 16.5. The average Bonchev–Trinajstić information content (AvgIpc) is 3.08. The van der Waals surface area contributed by atoms with E-state index in [1.54, 1.807) is 43.5 Å². The van der Waals surface area contributed by atoms with Crippen molar-refractivity contribution < 1.29 is 14.3 Å². The second kappa shape index (κ2) is 8.99. The lowest BCUT2D eigenvalue weighted by molar-refractivity contribution is -0.117. The predicted octanol–water partition coefficient (Wildman–Crippen LogP) is 3.01. The first-order chi connectivity index (χ1) is 15.8. The van der Waals surface area contributed by atoms with E-state index < -0.39 is 5.69 Å². The van der Waals surface area contributed by atoms with Crippen molar-refractivity contribution in [2.45, 2.75) is 20.4 Å². The molecular weight excluding hydrogens is 422 g/mol. The Bertz CT molecular complexity index is 1380. The summed E-state index contributed by atoms with van der Waals surface area (Å²) in [5.74, 6) is -0.0767. The maximum Gasteiger partial charge on any atom is 0.350 e. The first kappa shape index (κ1) is 21.8. The van der Waals surface area contributed by atoms with Gasteiger partial charge < -0.3 is 15.4 Å². The number of carbonyl (C=O) groups is 2. The van der Waals surface area contributed by atoms with Gasteiger partial charge in [-0.1, -0.05) is 6.07 Å². The Kier molecular flexibility index (Phi) is 5.95. The molecule has 9 nitrogen and oxygen atoms in total. The van der Waals surface area contributed by atoms with Gasteiger partial charge in [-0.3, -0.25) is 9.59 Å². The zero-order valence-corrected chi connectivity index (χ0v) is 18.5. The molecule has 0 saturated carbocycles. The van der Waals surface area contributed by atoms with Crippen molar-refractivity contribution in [3.05, 3.63) is 88.0 Å². The molecule has 2 N–H and O–H groups in total. The van der Waals surface area contributed by atoms with Gasteiger partial charge in [0.2, 0.25) is 5.91 Å². The lowest BCUT2D eigenvalue weighted by Gasteiger charge is -2.07. The smallest absolute Gasteiger partial charge is 0.350 e. The molecule has 0 unspecified atom stereocenters. The fourth-order valence-corrected chi connectivity index (χ4v) is 3.52. The minimum Gasteiger partial charge on any atom is -0.497 e. The van der Waals surface area contributed by atoms with E-state index in [0.717, 1.165) is 15.8 Å². The molecule has 4 aromatic rings. The second-order valence-electron chi connectivity index (χ2n) is 7.69. The standard InChI is InChI=1S/C24H23N5O4/c1-15-10-16(2)12-19(11-15)25-22(30)14-29-24(32)28-13-17(4-9-21(28)27-29)23(31)26-18-5-7-20(33-3)8-6-18/h4-13H,14H2,1-3H3,(H,25,30)(H,26,31). The van der Waals surface area contributed by atoms with Crippen LogP contribution in [-0.2, 0) is 11.3 Å². The fraction of sp³-hybridized carbons (Fsp3) is 0.167. The van der Waals surface area contributed by atoms with E-state index in [-0.39, 0.29) is 23.9 Å². The SMILES string of the molecule is COc1ccc(NC(=O)c2ccc3nn(CC(=O)Nc4cc(C)cc(C)c4)c(=O)n3c2)cc1. The molecule has 0 saturated heterocycles. The number of hydrogen-bond donors (Lipinski definition) is 2. The Balaban J connectivity index is 1.50. The van der Waals surface area contributed by atoms with Crippen molar-refractivity contribution in [2.75, 3.05) is 17.7 Å². The molecule has 0 aliphatic carbocycles. The summed E-state index contributed by atoms with van der Waals surface area (Å²) in [5.41, 5.74) is 3.39. The van der Waals surface area contributed by atoms with Gasteiger partial charge in [0.15, 0.2) is 5.65 Å². The fourth-order valence-electron chi connectivity index (χ4n) is 3.52. The van der Waals surface area contributed by atoms with Crippen LogP contribution in [0.15, 0.2) is 65.6 Å². The lowest BCUT2D eigenvalue weighted by Crippen LogP contribution is -2.28. The normalized spacial score (nSPS) is 10.8. The van der Waals surface area contributed by atoms with Crippen LogP contribution in [0.25, 0.3) is 5.65 Å². The molecule has 0 aliphatic heterocycles. The van der Waals surface area contributed by atoms with Gasteiger partial charge in [-0.05, 0) is 73.5 Å². The van der Waals surface area contributed by atoms with Gasteiger partial charge in [0.25, 0.3) is 5.91 Å². The topological polar surface area (TPSA) is 107 Å². The Labute approximate surface area is 189 Å². The van der Waals surface area contributed by atoms with Gasteiger partial charge in [-0.25, -0.2) is 13.9 Å². The van der Waals surface area contributed by atoms with E-state index in [9.17, 15) is 14.4 Å². The maximum atomic E-state index is 12.8. The lowest BCUT2D eigenvalue weighted by atomic mass is 10.1. The molecule has 2 amide bonds. The van der Waals surface area contributed by atoms with Crippen molar-refractivity contribution in [1.29, 1.82) is 0 Å². The van der Waals surface area contributed by atoms with Gasteiger partial charge in [0.1, 0.15) is 12.3 Å². The third-order valence-electron chi connectivity index (χ3n) is 4.99. The highest BCUT2D eigenvalue weighted by Crippen LogP contribution is 2.16. The van der Waals surface area contributed by atoms with Crippen LogP contribution in [0.5, 0.6) is 5.75 Å². The monoisotopic (exact) mass is 445 g/mol. The predicted molar refractivity (Wildman–Crippen MR) is 125 cm³/mol. The highest BCUT2D eigenvalue weighted by molar-refractivity contribution is 6.04. The average molecular weight is 445 g/mol. The van der Waals surface area contributed by atoms with Crippen LogP contribution in [0.2, 0.25) is 0 Å². The molecule has 0 spiro atoms. The minimum absolute atomic E-state index is 0.249. The molecule has 0 bridgehead atoms. The minimum atomic E-state index is -0.514. The second-order valence-corrected chi connectivity index (χ2v) is 7.69. The van der Waals surface area contributed by atoms with Crippen LogP contribution in [0.4, 0.5) is 11.4 Å². The highest BCUT2D eigenvalue weighted by Gasteiger charge is 2.14. The molecule has 2 aromatic heterocycles. The Hall–Kier alpha value is -4.40. The van der Waals surface area contributed by atoms with Gasteiger partial charge in [-0.15, -0.1) is 5.10 Å². The maximum absolute atomic E-state index is 12.8. The number of pyridine rings is 1. The van der Waals surface area contributed by atoms with Gasteiger partial charge in [0.05, 0.1) is 12.7 Å². The summed E-state index contributed by atoms with van der Waals surface area (Å²) < 4.78 is 7.42. The van der Waals surface area contributed by atoms with Crippen molar-refractivity contribution in [3.63, 3.8) is 0 Å². The van der Waals surface area contributed by atoms with Crippen molar-refractivity contribution in [3.8, 4) is 5.75 Å². The van der Waals surface area contributed by atoms with Crippen LogP contribution in [0.3, 0.4) is 0 Å². The third kappa shape index (κ3) is 4.93. The molecule has 168 valence electrons. The summed E-state index contributed by atoms with van der Waals surface area (Å²) in [7, 11) is 1.56. The number of fused-ring (bicyclic) bond motifs is 1. The van der Waals surface area contributed by atoms with E-state index in [2.05, 4.69) is 15.7 Å². The number of anilines is 2. The quantitative estimate of drug-likeness (QED) is 0.475. The molecule has 0 aliphatic rings.